The Bertz CT molecular complexity index is 667. The van der Waals surface area contributed by atoms with Gasteiger partial charge in [-0.3, -0.25) is 10.1 Å². The van der Waals surface area contributed by atoms with Gasteiger partial charge in [-0.1, -0.05) is 0 Å². The Hall–Kier alpha value is -2.68. The summed E-state index contributed by atoms with van der Waals surface area (Å²) in [4.78, 5) is 10.1. The molecule has 0 fully saturated rings. The number of hydrogen-bond donors (Lipinski definition) is 0. The van der Waals surface area contributed by atoms with Crippen LogP contribution in [-0.2, 0) is 0 Å². The molecule has 0 amide bonds. The number of nitriles is 1. The molecule has 0 unspecified atom stereocenters. The molecule has 2 aromatic rings. The van der Waals surface area contributed by atoms with Gasteiger partial charge in [-0.05, 0) is 26.0 Å². The highest BCUT2D eigenvalue weighted by molar-refractivity contribution is 5.54. The molecule has 90 valence electrons. The Balaban J connectivity index is 2.62. The molecule has 0 N–H and O–H groups in total. The van der Waals surface area contributed by atoms with Gasteiger partial charge in [0.2, 0.25) is 0 Å². The minimum absolute atomic E-state index is 0.100. The third kappa shape index (κ3) is 1.94. The van der Waals surface area contributed by atoms with Crippen molar-refractivity contribution in [1.82, 2.24) is 9.78 Å². The second-order valence-electron chi connectivity index (χ2n) is 3.91. The Kier molecular flexibility index (Phi) is 2.81. The molecule has 6 heteroatoms. The Morgan fingerprint density at radius 3 is 2.61 bits per heavy atom. The van der Waals surface area contributed by atoms with Crippen molar-refractivity contribution >= 4 is 5.69 Å². The molecule has 0 spiro atoms. The maximum absolute atomic E-state index is 10.7. The number of hydrogen-bond acceptors (Lipinski definition) is 4. The molecule has 0 bridgehead atoms. The molecule has 1 heterocycles. The highest BCUT2D eigenvalue weighted by atomic mass is 16.6. The van der Waals surface area contributed by atoms with E-state index in [1.807, 2.05) is 26.0 Å². The minimum Gasteiger partial charge on any atom is -0.258 e. The molecule has 1 aromatic carbocycles. The van der Waals surface area contributed by atoms with Gasteiger partial charge in [0, 0.05) is 17.8 Å². The average Bonchev–Trinajstić information content (AvgIpc) is 2.67. The summed E-state index contributed by atoms with van der Waals surface area (Å²) in [5.41, 5.74) is 2.38. The standard InChI is InChI=1S/C12H10N4O2/c1-8-5-9(2)15(14-8)12-4-3-11(16(17)18)6-10(12)7-13/h3-6H,1-2H3. The van der Waals surface area contributed by atoms with Gasteiger partial charge in [0.15, 0.2) is 0 Å². The summed E-state index contributed by atoms with van der Waals surface area (Å²) >= 11 is 0. The van der Waals surface area contributed by atoms with Gasteiger partial charge in [0.1, 0.15) is 6.07 Å². The van der Waals surface area contributed by atoms with Crippen LogP contribution in [0.1, 0.15) is 17.0 Å². The first kappa shape index (κ1) is 11.8. The van der Waals surface area contributed by atoms with Crippen LogP contribution in [-0.4, -0.2) is 14.7 Å². The van der Waals surface area contributed by atoms with Crippen LogP contribution in [0, 0.1) is 35.3 Å². The molecular formula is C12H10N4O2. The zero-order valence-electron chi connectivity index (χ0n) is 9.91. The largest absolute Gasteiger partial charge is 0.270 e. The van der Waals surface area contributed by atoms with Gasteiger partial charge in [0.25, 0.3) is 5.69 Å². The van der Waals surface area contributed by atoms with Crippen LogP contribution in [0.2, 0.25) is 0 Å². The molecule has 6 nitrogen and oxygen atoms in total. The summed E-state index contributed by atoms with van der Waals surface area (Å²) in [6.07, 6.45) is 0. The molecule has 0 atom stereocenters. The molecule has 0 saturated carbocycles. The molecule has 18 heavy (non-hydrogen) atoms. The lowest BCUT2D eigenvalue weighted by Crippen LogP contribution is -2.02. The van der Waals surface area contributed by atoms with E-state index in [0.29, 0.717) is 5.69 Å². The van der Waals surface area contributed by atoms with Crippen molar-refractivity contribution in [2.24, 2.45) is 0 Å². The van der Waals surface area contributed by atoms with E-state index in [1.54, 1.807) is 4.68 Å². The fourth-order valence-electron chi connectivity index (χ4n) is 1.78. The highest BCUT2D eigenvalue weighted by Gasteiger charge is 2.13. The van der Waals surface area contributed by atoms with Crippen molar-refractivity contribution in [2.45, 2.75) is 13.8 Å². The first-order valence-electron chi connectivity index (χ1n) is 5.25. The Morgan fingerprint density at radius 2 is 2.11 bits per heavy atom. The lowest BCUT2D eigenvalue weighted by Gasteiger charge is -2.06. The Morgan fingerprint density at radius 1 is 1.39 bits per heavy atom. The number of aryl methyl sites for hydroxylation is 2. The van der Waals surface area contributed by atoms with Crippen LogP contribution >= 0.6 is 0 Å². The molecule has 0 aliphatic rings. The maximum Gasteiger partial charge on any atom is 0.270 e. The SMILES string of the molecule is Cc1cc(C)n(-c2ccc([N+](=O)[O-])cc2C#N)n1. The third-order valence-electron chi connectivity index (χ3n) is 2.55. The zero-order valence-corrected chi connectivity index (χ0v) is 9.91. The smallest absolute Gasteiger partial charge is 0.258 e. The number of nitro groups is 1. The molecule has 0 aliphatic carbocycles. The van der Waals surface area contributed by atoms with E-state index in [0.717, 1.165) is 11.4 Å². The van der Waals surface area contributed by atoms with Crippen LogP contribution in [0.4, 0.5) is 5.69 Å². The minimum atomic E-state index is -0.522. The van der Waals surface area contributed by atoms with Gasteiger partial charge in [-0.15, -0.1) is 0 Å². The van der Waals surface area contributed by atoms with Crippen LogP contribution in [0.15, 0.2) is 24.3 Å². The Labute approximate surface area is 103 Å². The summed E-state index contributed by atoms with van der Waals surface area (Å²) < 4.78 is 1.61. The first-order valence-corrected chi connectivity index (χ1v) is 5.25. The number of rotatable bonds is 2. The van der Waals surface area contributed by atoms with Gasteiger partial charge < -0.3 is 0 Å². The van der Waals surface area contributed by atoms with Gasteiger partial charge >= 0.3 is 0 Å². The van der Waals surface area contributed by atoms with E-state index in [4.69, 9.17) is 5.26 Å². The van der Waals surface area contributed by atoms with E-state index in [-0.39, 0.29) is 11.3 Å². The molecule has 0 saturated heterocycles. The van der Waals surface area contributed by atoms with Gasteiger partial charge in [-0.25, -0.2) is 4.68 Å². The lowest BCUT2D eigenvalue weighted by atomic mass is 10.1. The maximum atomic E-state index is 10.7. The van der Waals surface area contributed by atoms with Crippen molar-refractivity contribution < 1.29 is 4.92 Å². The topological polar surface area (TPSA) is 84.7 Å². The van der Waals surface area contributed by atoms with Crippen LogP contribution < -0.4 is 0 Å². The first-order chi connectivity index (χ1) is 8.52. The normalized spacial score (nSPS) is 10.1. The summed E-state index contributed by atoms with van der Waals surface area (Å²) in [5, 5.41) is 24.0. The van der Waals surface area contributed by atoms with Crippen molar-refractivity contribution in [1.29, 1.82) is 5.26 Å². The molecule has 1 aromatic heterocycles. The number of non-ortho nitro benzene ring substituents is 1. The molecule has 0 aliphatic heterocycles. The van der Waals surface area contributed by atoms with Crippen LogP contribution in [0.3, 0.4) is 0 Å². The second-order valence-corrected chi connectivity index (χ2v) is 3.91. The van der Waals surface area contributed by atoms with E-state index in [1.165, 1.54) is 18.2 Å². The number of nitrogens with zero attached hydrogens (tertiary/aromatic N) is 4. The van der Waals surface area contributed by atoms with Crippen molar-refractivity contribution in [3.8, 4) is 11.8 Å². The highest BCUT2D eigenvalue weighted by Crippen LogP contribution is 2.21. The molecule has 0 radical (unpaired) electrons. The molecule has 2 rings (SSSR count). The quantitative estimate of drug-likeness (QED) is 0.597. The summed E-state index contributed by atoms with van der Waals surface area (Å²) in [6.45, 7) is 3.71. The van der Waals surface area contributed by atoms with E-state index in [2.05, 4.69) is 5.10 Å². The van der Waals surface area contributed by atoms with E-state index in [9.17, 15) is 10.1 Å². The summed E-state index contributed by atoms with van der Waals surface area (Å²) in [6, 6.07) is 8.00. The summed E-state index contributed by atoms with van der Waals surface area (Å²) in [5.74, 6) is 0. The average molecular weight is 242 g/mol. The van der Waals surface area contributed by atoms with E-state index < -0.39 is 4.92 Å². The lowest BCUT2D eigenvalue weighted by molar-refractivity contribution is -0.384. The molecular weight excluding hydrogens is 232 g/mol. The van der Waals surface area contributed by atoms with Crippen molar-refractivity contribution in [2.75, 3.05) is 0 Å². The predicted octanol–water partition coefficient (Wildman–Crippen LogP) is 2.27. The number of benzene rings is 1. The van der Waals surface area contributed by atoms with Crippen molar-refractivity contribution in [3.05, 3.63) is 51.3 Å². The van der Waals surface area contributed by atoms with E-state index >= 15 is 0 Å². The fraction of sp³-hybridized carbons (Fsp3) is 0.167. The summed E-state index contributed by atoms with van der Waals surface area (Å²) in [7, 11) is 0. The van der Waals surface area contributed by atoms with Gasteiger partial charge in [-0.2, -0.15) is 10.4 Å². The fourth-order valence-corrected chi connectivity index (χ4v) is 1.78. The monoisotopic (exact) mass is 242 g/mol. The third-order valence-corrected chi connectivity index (χ3v) is 2.55. The van der Waals surface area contributed by atoms with Gasteiger partial charge in [0.05, 0.1) is 21.9 Å². The number of aromatic nitrogens is 2. The van der Waals surface area contributed by atoms with Crippen molar-refractivity contribution in [3.63, 3.8) is 0 Å². The second kappa shape index (κ2) is 4.30. The predicted molar refractivity (Wildman–Crippen MR) is 64.4 cm³/mol. The number of nitro benzene ring substituents is 1. The zero-order chi connectivity index (χ0) is 13.3. The van der Waals surface area contributed by atoms with Crippen LogP contribution in [0.5, 0.6) is 0 Å². The van der Waals surface area contributed by atoms with Crippen LogP contribution in [0.25, 0.3) is 5.69 Å².